The molecule has 2 N–H and O–H groups in total. The van der Waals surface area contributed by atoms with E-state index in [0.29, 0.717) is 10.6 Å². The van der Waals surface area contributed by atoms with E-state index >= 15 is 0 Å². The van der Waals surface area contributed by atoms with Crippen LogP contribution in [0.25, 0.3) is 0 Å². The van der Waals surface area contributed by atoms with Crippen LogP contribution >= 0.6 is 11.6 Å². The van der Waals surface area contributed by atoms with E-state index in [1.165, 1.54) is 0 Å². The maximum Gasteiger partial charge on any atom is 0.101 e. The highest BCUT2D eigenvalue weighted by atomic mass is 35.5. The second-order valence-electron chi connectivity index (χ2n) is 5.34. The normalized spacial score (nSPS) is 17.4. The number of benzene rings is 1. The van der Waals surface area contributed by atoms with Gasteiger partial charge in [-0.05, 0) is 44.1 Å². The van der Waals surface area contributed by atoms with Crippen molar-refractivity contribution in [2.24, 2.45) is 5.41 Å². The molecular formula is C15H20ClN3O. The topological polar surface area (TPSA) is 57.1 Å². The minimum absolute atomic E-state index is 0.167. The summed E-state index contributed by atoms with van der Waals surface area (Å²) in [6.07, 6.45) is 2.19. The predicted molar refractivity (Wildman–Crippen MR) is 81.1 cm³/mol. The molecule has 1 aromatic rings. The van der Waals surface area contributed by atoms with Crippen molar-refractivity contribution in [2.45, 2.75) is 12.8 Å². The Morgan fingerprint density at radius 3 is 2.80 bits per heavy atom. The molecule has 1 fully saturated rings. The smallest absolute Gasteiger partial charge is 0.101 e. The zero-order chi connectivity index (χ0) is 14.4. The maximum atomic E-state index is 8.88. The van der Waals surface area contributed by atoms with Gasteiger partial charge in [-0.3, -0.25) is 0 Å². The third-order valence-corrected chi connectivity index (χ3v) is 4.18. The lowest BCUT2D eigenvalue weighted by atomic mass is 9.79. The van der Waals surface area contributed by atoms with Crippen LogP contribution in [0.15, 0.2) is 18.2 Å². The monoisotopic (exact) mass is 293 g/mol. The molecule has 0 spiro atoms. The second kappa shape index (κ2) is 6.94. The second-order valence-corrected chi connectivity index (χ2v) is 5.75. The third-order valence-electron chi connectivity index (χ3n) is 3.87. The fraction of sp³-hybridized carbons (Fsp3) is 0.533. The molecule has 2 rings (SSSR count). The molecule has 0 saturated carbocycles. The highest BCUT2D eigenvalue weighted by Gasteiger charge is 2.31. The van der Waals surface area contributed by atoms with Crippen molar-refractivity contribution in [1.29, 1.82) is 5.26 Å². The van der Waals surface area contributed by atoms with Crippen LogP contribution in [0.3, 0.4) is 0 Å². The van der Waals surface area contributed by atoms with Crippen LogP contribution in [-0.2, 0) is 4.74 Å². The molecule has 0 aliphatic carbocycles. The lowest BCUT2D eigenvalue weighted by Gasteiger charge is -2.37. The zero-order valence-corrected chi connectivity index (χ0v) is 12.5. The summed E-state index contributed by atoms with van der Waals surface area (Å²) in [5, 5.41) is 16.2. The molecule has 4 nitrogen and oxygen atoms in total. The van der Waals surface area contributed by atoms with E-state index in [9.17, 15) is 0 Å². The Kier molecular flexibility index (Phi) is 5.24. The number of hydrogen-bond acceptors (Lipinski definition) is 4. The zero-order valence-electron chi connectivity index (χ0n) is 11.7. The summed E-state index contributed by atoms with van der Waals surface area (Å²) in [7, 11) is 1.75. The number of nitrogens with zero attached hydrogens (tertiary/aromatic N) is 1. The van der Waals surface area contributed by atoms with Crippen LogP contribution in [-0.4, -0.2) is 33.4 Å². The van der Waals surface area contributed by atoms with Gasteiger partial charge in [-0.15, -0.1) is 0 Å². The van der Waals surface area contributed by atoms with Crippen LogP contribution in [0, 0.1) is 16.7 Å². The molecule has 1 heterocycles. The van der Waals surface area contributed by atoms with E-state index in [2.05, 4.69) is 16.7 Å². The molecular weight excluding hydrogens is 274 g/mol. The standard InChI is InChI=1S/C15H20ClN3O/c1-20-11-15(4-6-18-7-5-15)10-19-13-3-2-12(9-17)14(16)8-13/h2-3,8,18-19H,4-7,10-11H2,1H3. The van der Waals surface area contributed by atoms with Crippen LogP contribution < -0.4 is 10.6 Å². The van der Waals surface area contributed by atoms with Gasteiger partial charge in [0.1, 0.15) is 6.07 Å². The number of methoxy groups -OCH3 is 1. The van der Waals surface area contributed by atoms with Crippen molar-refractivity contribution >= 4 is 17.3 Å². The Morgan fingerprint density at radius 1 is 1.45 bits per heavy atom. The number of nitrogens with one attached hydrogen (secondary N) is 2. The molecule has 108 valence electrons. The van der Waals surface area contributed by atoms with Gasteiger partial charge < -0.3 is 15.4 Å². The molecule has 1 aliphatic heterocycles. The molecule has 0 amide bonds. The number of nitriles is 1. The number of rotatable bonds is 5. The van der Waals surface area contributed by atoms with Gasteiger partial charge in [-0.25, -0.2) is 0 Å². The highest BCUT2D eigenvalue weighted by Crippen LogP contribution is 2.30. The molecule has 0 radical (unpaired) electrons. The van der Waals surface area contributed by atoms with Crippen molar-refractivity contribution in [3.05, 3.63) is 28.8 Å². The van der Waals surface area contributed by atoms with Crippen molar-refractivity contribution < 1.29 is 4.74 Å². The van der Waals surface area contributed by atoms with E-state index in [4.69, 9.17) is 21.6 Å². The summed E-state index contributed by atoms with van der Waals surface area (Å²) >= 11 is 6.05. The first-order valence-corrected chi connectivity index (χ1v) is 7.20. The van der Waals surface area contributed by atoms with Gasteiger partial charge in [-0.2, -0.15) is 5.26 Å². The van der Waals surface area contributed by atoms with E-state index in [1.807, 2.05) is 12.1 Å². The quantitative estimate of drug-likeness (QED) is 0.876. The summed E-state index contributed by atoms with van der Waals surface area (Å²) in [5.74, 6) is 0. The van der Waals surface area contributed by atoms with Gasteiger partial charge in [0.25, 0.3) is 0 Å². The highest BCUT2D eigenvalue weighted by molar-refractivity contribution is 6.32. The SMILES string of the molecule is COCC1(CNc2ccc(C#N)c(Cl)c2)CCNCC1. The van der Waals surface area contributed by atoms with Crippen molar-refractivity contribution in [3.8, 4) is 6.07 Å². The van der Waals surface area contributed by atoms with Crippen molar-refractivity contribution in [1.82, 2.24) is 5.32 Å². The van der Waals surface area contributed by atoms with E-state index in [-0.39, 0.29) is 5.41 Å². The minimum atomic E-state index is 0.167. The number of piperidine rings is 1. The third kappa shape index (κ3) is 3.63. The van der Waals surface area contributed by atoms with Gasteiger partial charge in [0.2, 0.25) is 0 Å². The molecule has 20 heavy (non-hydrogen) atoms. The molecule has 0 bridgehead atoms. The lowest BCUT2D eigenvalue weighted by Crippen LogP contribution is -2.44. The molecule has 0 unspecified atom stereocenters. The number of ether oxygens (including phenoxy) is 1. The van der Waals surface area contributed by atoms with E-state index in [1.54, 1.807) is 13.2 Å². The Labute approximate surface area is 125 Å². The van der Waals surface area contributed by atoms with Gasteiger partial charge in [0.15, 0.2) is 0 Å². The van der Waals surface area contributed by atoms with Crippen molar-refractivity contribution in [2.75, 3.05) is 38.7 Å². The average Bonchev–Trinajstić information content (AvgIpc) is 2.47. The fourth-order valence-corrected chi connectivity index (χ4v) is 2.86. The summed E-state index contributed by atoms with van der Waals surface area (Å²) < 4.78 is 5.40. The Bertz CT molecular complexity index is 487. The minimum Gasteiger partial charge on any atom is -0.384 e. The summed E-state index contributed by atoms with van der Waals surface area (Å²) in [6.45, 7) is 3.66. The lowest BCUT2D eigenvalue weighted by molar-refractivity contribution is 0.0636. The van der Waals surface area contributed by atoms with Gasteiger partial charge >= 0.3 is 0 Å². The van der Waals surface area contributed by atoms with Crippen molar-refractivity contribution in [3.63, 3.8) is 0 Å². The number of hydrogen-bond donors (Lipinski definition) is 2. The first-order valence-electron chi connectivity index (χ1n) is 6.82. The molecule has 5 heteroatoms. The van der Waals surface area contributed by atoms with E-state index in [0.717, 1.165) is 44.8 Å². The summed E-state index contributed by atoms with van der Waals surface area (Å²) in [5.41, 5.74) is 1.62. The number of halogens is 1. The van der Waals surface area contributed by atoms with Gasteiger partial charge in [0, 0.05) is 24.8 Å². The van der Waals surface area contributed by atoms with Crippen LogP contribution in [0.5, 0.6) is 0 Å². The summed E-state index contributed by atoms with van der Waals surface area (Å²) in [6, 6.07) is 7.52. The van der Waals surface area contributed by atoms with Crippen LogP contribution in [0.1, 0.15) is 18.4 Å². The summed E-state index contributed by atoms with van der Waals surface area (Å²) in [4.78, 5) is 0. The predicted octanol–water partition coefficient (Wildman–Crippen LogP) is 2.64. The molecule has 0 atom stereocenters. The molecule has 1 aliphatic rings. The first kappa shape index (κ1) is 15.1. The van der Waals surface area contributed by atoms with E-state index < -0.39 is 0 Å². The average molecular weight is 294 g/mol. The fourth-order valence-electron chi connectivity index (χ4n) is 2.64. The molecule has 1 aromatic carbocycles. The Morgan fingerprint density at radius 2 is 2.20 bits per heavy atom. The van der Waals surface area contributed by atoms with Gasteiger partial charge in [0.05, 0.1) is 17.2 Å². The molecule has 1 saturated heterocycles. The first-order chi connectivity index (χ1) is 9.69. The number of anilines is 1. The molecule has 0 aromatic heterocycles. The maximum absolute atomic E-state index is 8.88. The largest absolute Gasteiger partial charge is 0.384 e. The van der Waals surface area contributed by atoms with Crippen LogP contribution in [0.4, 0.5) is 5.69 Å². The Balaban J connectivity index is 2.02. The Hall–Kier alpha value is -1.28. The van der Waals surface area contributed by atoms with Gasteiger partial charge in [-0.1, -0.05) is 11.6 Å². The van der Waals surface area contributed by atoms with Crippen LogP contribution in [0.2, 0.25) is 5.02 Å².